The van der Waals surface area contributed by atoms with Gasteiger partial charge in [-0.1, -0.05) is 12.1 Å². The number of benzene rings is 2. The van der Waals surface area contributed by atoms with Crippen LogP contribution in [0, 0.1) is 18.6 Å². The highest BCUT2D eigenvalue weighted by molar-refractivity contribution is 5.89. The highest BCUT2D eigenvalue weighted by atomic mass is 19.1. The maximum atomic E-state index is 13.8. The Morgan fingerprint density at radius 2 is 1.59 bits per heavy atom. The van der Waals surface area contributed by atoms with E-state index in [4.69, 9.17) is 0 Å². The van der Waals surface area contributed by atoms with Gasteiger partial charge in [0.2, 0.25) is 11.9 Å². The minimum Gasteiger partial charge on any atom is -0.335 e. The Kier molecular flexibility index (Phi) is 5.25. The highest BCUT2D eigenvalue weighted by Gasteiger charge is 2.11. The van der Waals surface area contributed by atoms with Crippen LogP contribution in [0.1, 0.15) is 12.6 Å². The maximum absolute atomic E-state index is 13.8. The molecule has 0 aliphatic carbocycles. The first kappa shape index (κ1) is 18.2. The molecule has 1 amide bonds. The van der Waals surface area contributed by atoms with E-state index >= 15 is 0 Å². The molecule has 3 aromatic rings. The number of carbonyl (C=O) groups is 1. The molecule has 0 fully saturated rings. The summed E-state index contributed by atoms with van der Waals surface area (Å²) in [6.07, 6.45) is 0. The fourth-order valence-electron chi connectivity index (χ4n) is 2.44. The number of nitrogens with zero attached hydrogens (tertiary/aromatic N) is 2. The fraction of sp³-hybridized carbons (Fsp3) is 0.105. The van der Waals surface area contributed by atoms with Crippen molar-refractivity contribution in [2.75, 3.05) is 16.0 Å². The number of halogens is 2. The molecule has 0 saturated heterocycles. The van der Waals surface area contributed by atoms with E-state index in [9.17, 15) is 13.6 Å². The van der Waals surface area contributed by atoms with Gasteiger partial charge in [0.1, 0.15) is 23.1 Å². The quantitative estimate of drug-likeness (QED) is 0.617. The summed E-state index contributed by atoms with van der Waals surface area (Å²) in [7, 11) is 0. The number of rotatable bonds is 5. The van der Waals surface area contributed by atoms with Gasteiger partial charge in [-0.15, -0.1) is 0 Å². The number of para-hydroxylation sites is 1. The summed E-state index contributed by atoms with van der Waals surface area (Å²) in [6.45, 7) is 3.16. The van der Waals surface area contributed by atoms with Gasteiger partial charge in [-0.05, 0) is 37.3 Å². The molecule has 0 radical (unpaired) electrons. The van der Waals surface area contributed by atoms with Gasteiger partial charge in [0, 0.05) is 30.1 Å². The number of aryl methyl sites for hydroxylation is 1. The van der Waals surface area contributed by atoms with Crippen molar-refractivity contribution in [1.82, 2.24) is 9.97 Å². The second-order valence-corrected chi connectivity index (χ2v) is 5.83. The third-order valence-corrected chi connectivity index (χ3v) is 3.51. The van der Waals surface area contributed by atoms with Crippen molar-refractivity contribution in [1.29, 1.82) is 0 Å². The van der Waals surface area contributed by atoms with E-state index in [1.165, 1.54) is 13.0 Å². The number of nitrogens with one attached hydrogen (secondary N) is 3. The van der Waals surface area contributed by atoms with Crippen LogP contribution in [0.2, 0.25) is 0 Å². The van der Waals surface area contributed by atoms with E-state index < -0.39 is 11.6 Å². The van der Waals surface area contributed by atoms with Crippen molar-refractivity contribution in [3.05, 3.63) is 65.9 Å². The standard InChI is InChI=1S/C19H17F2N5O/c1-11-9-17(25-18-15(20)7-4-8-16(18)21)26-19(22-11)24-14-6-3-5-13(10-14)23-12(2)27/h3-10H,1-2H3,(H,23,27)(H2,22,24,25,26). The van der Waals surface area contributed by atoms with E-state index in [-0.39, 0.29) is 23.4 Å². The molecular formula is C19H17F2N5O. The molecule has 0 atom stereocenters. The molecule has 2 aromatic carbocycles. The summed E-state index contributed by atoms with van der Waals surface area (Å²) in [4.78, 5) is 19.7. The maximum Gasteiger partial charge on any atom is 0.229 e. The molecule has 1 aromatic heterocycles. The molecule has 0 aliphatic rings. The van der Waals surface area contributed by atoms with Gasteiger partial charge in [0.15, 0.2) is 0 Å². The van der Waals surface area contributed by atoms with Crippen LogP contribution in [0.25, 0.3) is 0 Å². The second kappa shape index (κ2) is 7.77. The largest absolute Gasteiger partial charge is 0.335 e. The van der Waals surface area contributed by atoms with E-state index in [0.717, 1.165) is 12.1 Å². The lowest BCUT2D eigenvalue weighted by Crippen LogP contribution is -2.06. The number of amides is 1. The molecule has 6 nitrogen and oxygen atoms in total. The molecule has 138 valence electrons. The van der Waals surface area contributed by atoms with Gasteiger partial charge >= 0.3 is 0 Å². The van der Waals surface area contributed by atoms with Crippen LogP contribution in [-0.2, 0) is 4.79 Å². The van der Waals surface area contributed by atoms with Crippen LogP contribution in [0.5, 0.6) is 0 Å². The first-order valence-electron chi connectivity index (χ1n) is 8.12. The fourth-order valence-corrected chi connectivity index (χ4v) is 2.44. The van der Waals surface area contributed by atoms with Crippen molar-refractivity contribution >= 4 is 34.7 Å². The molecule has 0 aliphatic heterocycles. The normalized spacial score (nSPS) is 10.4. The van der Waals surface area contributed by atoms with Crippen LogP contribution < -0.4 is 16.0 Å². The van der Waals surface area contributed by atoms with Gasteiger partial charge in [-0.3, -0.25) is 4.79 Å². The third-order valence-electron chi connectivity index (χ3n) is 3.51. The zero-order valence-corrected chi connectivity index (χ0v) is 14.7. The van der Waals surface area contributed by atoms with Crippen molar-refractivity contribution in [3.63, 3.8) is 0 Å². The summed E-state index contributed by atoms with van der Waals surface area (Å²) in [6, 6.07) is 12.2. The molecule has 3 rings (SSSR count). The van der Waals surface area contributed by atoms with Crippen LogP contribution in [0.15, 0.2) is 48.5 Å². The summed E-state index contributed by atoms with van der Waals surface area (Å²) in [5.74, 6) is -1.13. The Morgan fingerprint density at radius 3 is 2.30 bits per heavy atom. The van der Waals surface area contributed by atoms with Crippen molar-refractivity contribution in [2.45, 2.75) is 13.8 Å². The van der Waals surface area contributed by atoms with E-state index in [1.54, 1.807) is 37.3 Å². The predicted octanol–water partition coefficient (Wildman–Crippen LogP) is 4.51. The van der Waals surface area contributed by atoms with Crippen LogP contribution in [-0.4, -0.2) is 15.9 Å². The van der Waals surface area contributed by atoms with Gasteiger partial charge in [-0.2, -0.15) is 4.98 Å². The Balaban J connectivity index is 1.85. The van der Waals surface area contributed by atoms with Crippen molar-refractivity contribution in [2.24, 2.45) is 0 Å². The molecule has 27 heavy (non-hydrogen) atoms. The summed E-state index contributed by atoms with van der Waals surface area (Å²) in [5, 5.41) is 8.34. The van der Waals surface area contributed by atoms with Gasteiger partial charge < -0.3 is 16.0 Å². The molecule has 3 N–H and O–H groups in total. The van der Waals surface area contributed by atoms with Crippen LogP contribution in [0.3, 0.4) is 0 Å². The van der Waals surface area contributed by atoms with Gasteiger partial charge in [-0.25, -0.2) is 13.8 Å². The number of anilines is 5. The van der Waals surface area contributed by atoms with Gasteiger partial charge in [0.05, 0.1) is 0 Å². The predicted molar refractivity (Wildman–Crippen MR) is 100 cm³/mol. The minimum absolute atomic E-state index is 0.183. The average Bonchev–Trinajstić information content (AvgIpc) is 2.57. The molecule has 0 saturated carbocycles. The summed E-state index contributed by atoms with van der Waals surface area (Å²) >= 11 is 0. The lowest BCUT2D eigenvalue weighted by molar-refractivity contribution is -0.114. The SMILES string of the molecule is CC(=O)Nc1cccc(Nc2nc(C)cc(Nc3c(F)cccc3F)n2)c1. The number of hydrogen-bond donors (Lipinski definition) is 3. The number of carbonyl (C=O) groups excluding carboxylic acids is 1. The summed E-state index contributed by atoms with van der Waals surface area (Å²) in [5.41, 5.74) is 1.58. The van der Waals surface area contributed by atoms with E-state index in [1.807, 2.05) is 0 Å². The van der Waals surface area contributed by atoms with Crippen molar-refractivity contribution < 1.29 is 13.6 Å². The van der Waals surface area contributed by atoms with Crippen LogP contribution >= 0.6 is 0 Å². The first-order chi connectivity index (χ1) is 12.9. The van der Waals surface area contributed by atoms with Crippen molar-refractivity contribution in [3.8, 4) is 0 Å². The van der Waals surface area contributed by atoms with Crippen LogP contribution in [0.4, 0.5) is 37.6 Å². The van der Waals surface area contributed by atoms with Gasteiger partial charge in [0.25, 0.3) is 0 Å². The highest BCUT2D eigenvalue weighted by Crippen LogP contribution is 2.24. The third kappa shape index (κ3) is 4.75. The number of hydrogen-bond acceptors (Lipinski definition) is 5. The van der Waals surface area contributed by atoms with E-state index in [0.29, 0.717) is 17.1 Å². The first-order valence-corrected chi connectivity index (χ1v) is 8.12. The molecule has 0 bridgehead atoms. The molecule has 0 unspecified atom stereocenters. The Hall–Kier alpha value is -3.55. The molecular weight excluding hydrogens is 352 g/mol. The monoisotopic (exact) mass is 369 g/mol. The average molecular weight is 369 g/mol. The molecule has 8 heteroatoms. The topological polar surface area (TPSA) is 78.9 Å². The minimum atomic E-state index is -0.719. The second-order valence-electron chi connectivity index (χ2n) is 5.83. The number of aromatic nitrogens is 2. The summed E-state index contributed by atoms with van der Waals surface area (Å²) < 4.78 is 27.7. The Bertz CT molecular complexity index is 973. The molecule has 0 spiro atoms. The Morgan fingerprint density at radius 1 is 0.926 bits per heavy atom. The zero-order chi connectivity index (χ0) is 19.4. The zero-order valence-electron chi connectivity index (χ0n) is 14.7. The smallest absolute Gasteiger partial charge is 0.229 e. The lowest BCUT2D eigenvalue weighted by Gasteiger charge is -2.12. The Labute approximate surface area is 154 Å². The van der Waals surface area contributed by atoms with E-state index in [2.05, 4.69) is 25.9 Å². The lowest BCUT2D eigenvalue weighted by atomic mass is 10.2. The molecule has 1 heterocycles.